The van der Waals surface area contributed by atoms with E-state index in [1.165, 1.54) is 12.1 Å². The number of benzene rings is 1. The van der Waals surface area contributed by atoms with Gasteiger partial charge in [-0.25, -0.2) is 8.78 Å². The Morgan fingerprint density at radius 2 is 2.18 bits per heavy atom. The van der Waals surface area contributed by atoms with Gasteiger partial charge in [-0.15, -0.1) is 0 Å². The first-order valence-corrected chi connectivity index (χ1v) is 5.55. The first kappa shape index (κ1) is 12.4. The van der Waals surface area contributed by atoms with Crippen LogP contribution in [0.3, 0.4) is 0 Å². The maximum Gasteiger partial charge on any atom is 0.129 e. The van der Waals surface area contributed by atoms with Gasteiger partial charge in [0.1, 0.15) is 11.6 Å². The SMILES string of the molecule is NC(Cc1ccc(F)cc1F)C1COCCO1. The van der Waals surface area contributed by atoms with Crippen LogP contribution in [0.25, 0.3) is 0 Å². The molecule has 2 atom stereocenters. The lowest BCUT2D eigenvalue weighted by Crippen LogP contribution is -2.45. The summed E-state index contributed by atoms with van der Waals surface area (Å²) in [6.07, 6.45) is 0.0772. The van der Waals surface area contributed by atoms with Crippen molar-refractivity contribution in [2.45, 2.75) is 18.6 Å². The summed E-state index contributed by atoms with van der Waals surface area (Å²) in [5, 5.41) is 0. The quantitative estimate of drug-likeness (QED) is 0.869. The number of halogens is 2. The van der Waals surface area contributed by atoms with E-state index in [2.05, 4.69) is 0 Å². The molecule has 1 aromatic rings. The average Bonchev–Trinajstić information content (AvgIpc) is 2.34. The molecule has 2 rings (SSSR count). The lowest BCUT2D eigenvalue weighted by molar-refractivity contribution is -0.0968. The molecular formula is C12H15F2NO2. The molecule has 0 bridgehead atoms. The van der Waals surface area contributed by atoms with Gasteiger partial charge in [-0.2, -0.15) is 0 Å². The van der Waals surface area contributed by atoms with Crippen LogP contribution in [0, 0.1) is 11.6 Å². The summed E-state index contributed by atoms with van der Waals surface area (Å²) in [5.41, 5.74) is 6.32. The Labute approximate surface area is 98.5 Å². The molecule has 0 aromatic heterocycles. The fraction of sp³-hybridized carbons (Fsp3) is 0.500. The highest BCUT2D eigenvalue weighted by Crippen LogP contribution is 2.14. The van der Waals surface area contributed by atoms with Crippen LogP contribution in [0.15, 0.2) is 18.2 Å². The number of rotatable bonds is 3. The fourth-order valence-electron chi connectivity index (χ4n) is 1.83. The molecule has 94 valence electrons. The van der Waals surface area contributed by atoms with Crippen molar-refractivity contribution in [2.75, 3.05) is 19.8 Å². The second-order valence-corrected chi connectivity index (χ2v) is 4.09. The van der Waals surface area contributed by atoms with Crippen LogP contribution in [0.4, 0.5) is 8.78 Å². The van der Waals surface area contributed by atoms with E-state index in [4.69, 9.17) is 15.2 Å². The van der Waals surface area contributed by atoms with Gasteiger partial charge in [-0.3, -0.25) is 0 Å². The number of hydrogen-bond donors (Lipinski definition) is 1. The van der Waals surface area contributed by atoms with Crippen molar-refractivity contribution in [3.8, 4) is 0 Å². The van der Waals surface area contributed by atoms with Gasteiger partial charge in [0.15, 0.2) is 0 Å². The minimum atomic E-state index is -0.586. The summed E-state index contributed by atoms with van der Waals surface area (Å²) < 4.78 is 36.8. The van der Waals surface area contributed by atoms with Gasteiger partial charge < -0.3 is 15.2 Å². The lowest BCUT2D eigenvalue weighted by atomic mass is 10.0. The molecule has 0 spiro atoms. The van der Waals surface area contributed by atoms with Crippen LogP contribution < -0.4 is 5.73 Å². The highest BCUT2D eigenvalue weighted by molar-refractivity contribution is 5.19. The van der Waals surface area contributed by atoms with Crippen molar-refractivity contribution in [3.05, 3.63) is 35.4 Å². The third-order valence-electron chi connectivity index (χ3n) is 2.79. The van der Waals surface area contributed by atoms with Crippen LogP contribution in [-0.2, 0) is 15.9 Å². The van der Waals surface area contributed by atoms with E-state index in [0.717, 1.165) is 6.07 Å². The molecular weight excluding hydrogens is 228 g/mol. The molecule has 1 aliphatic heterocycles. The van der Waals surface area contributed by atoms with E-state index in [1.807, 2.05) is 0 Å². The number of hydrogen-bond acceptors (Lipinski definition) is 3. The van der Waals surface area contributed by atoms with Gasteiger partial charge in [0.2, 0.25) is 0 Å². The molecule has 0 aliphatic carbocycles. The molecule has 1 aliphatic rings. The van der Waals surface area contributed by atoms with Gasteiger partial charge in [-0.1, -0.05) is 6.07 Å². The highest BCUT2D eigenvalue weighted by atomic mass is 19.1. The Morgan fingerprint density at radius 1 is 1.35 bits per heavy atom. The topological polar surface area (TPSA) is 44.5 Å². The van der Waals surface area contributed by atoms with Crippen LogP contribution in [0.2, 0.25) is 0 Å². The van der Waals surface area contributed by atoms with Gasteiger partial charge in [0.25, 0.3) is 0 Å². The standard InChI is InChI=1S/C12H15F2NO2/c13-9-2-1-8(10(14)6-9)5-11(15)12-7-16-3-4-17-12/h1-2,6,11-12H,3-5,7,15H2. The first-order chi connectivity index (χ1) is 8.16. The second kappa shape index (κ2) is 5.53. The van der Waals surface area contributed by atoms with Crippen LogP contribution in [0.5, 0.6) is 0 Å². The van der Waals surface area contributed by atoms with Crippen molar-refractivity contribution in [1.29, 1.82) is 0 Å². The largest absolute Gasteiger partial charge is 0.376 e. The normalized spacial score (nSPS) is 22.4. The monoisotopic (exact) mass is 243 g/mol. The molecule has 3 nitrogen and oxygen atoms in total. The van der Waals surface area contributed by atoms with Crippen LogP contribution in [0.1, 0.15) is 5.56 Å². The van der Waals surface area contributed by atoms with Gasteiger partial charge >= 0.3 is 0 Å². The maximum absolute atomic E-state index is 13.4. The Morgan fingerprint density at radius 3 is 2.82 bits per heavy atom. The number of nitrogens with two attached hydrogens (primary N) is 1. The Bertz CT molecular complexity index is 381. The van der Waals surface area contributed by atoms with Crippen LogP contribution >= 0.6 is 0 Å². The van der Waals surface area contributed by atoms with E-state index in [1.54, 1.807) is 0 Å². The molecule has 1 fully saturated rings. The predicted molar refractivity (Wildman–Crippen MR) is 58.6 cm³/mol. The minimum Gasteiger partial charge on any atom is -0.376 e. The predicted octanol–water partition coefficient (Wildman–Crippen LogP) is 1.25. The van der Waals surface area contributed by atoms with Gasteiger partial charge in [-0.05, 0) is 18.1 Å². The summed E-state index contributed by atoms with van der Waals surface area (Å²) in [6.45, 7) is 1.49. The first-order valence-electron chi connectivity index (χ1n) is 5.55. The summed E-state index contributed by atoms with van der Waals surface area (Å²) in [7, 11) is 0. The lowest BCUT2D eigenvalue weighted by Gasteiger charge is -2.28. The average molecular weight is 243 g/mol. The molecule has 17 heavy (non-hydrogen) atoms. The number of ether oxygens (including phenoxy) is 2. The van der Waals surface area contributed by atoms with E-state index in [-0.39, 0.29) is 12.1 Å². The molecule has 2 unspecified atom stereocenters. The zero-order valence-corrected chi connectivity index (χ0v) is 9.36. The third-order valence-corrected chi connectivity index (χ3v) is 2.79. The van der Waals surface area contributed by atoms with Gasteiger partial charge in [0.05, 0.1) is 25.9 Å². The third kappa shape index (κ3) is 3.21. The zero-order chi connectivity index (χ0) is 12.3. The van der Waals surface area contributed by atoms with Crippen LogP contribution in [-0.4, -0.2) is 32.0 Å². The molecule has 0 radical (unpaired) electrons. The summed E-state index contributed by atoms with van der Waals surface area (Å²) >= 11 is 0. The van der Waals surface area contributed by atoms with Crippen molar-refractivity contribution in [3.63, 3.8) is 0 Å². The van der Waals surface area contributed by atoms with E-state index in [9.17, 15) is 8.78 Å². The highest BCUT2D eigenvalue weighted by Gasteiger charge is 2.23. The molecule has 0 saturated carbocycles. The minimum absolute atomic E-state index is 0.229. The fourth-order valence-corrected chi connectivity index (χ4v) is 1.83. The molecule has 1 saturated heterocycles. The summed E-state index contributed by atoms with van der Waals surface area (Å²) in [5.74, 6) is -1.16. The summed E-state index contributed by atoms with van der Waals surface area (Å²) in [6, 6.07) is 3.15. The molecule has 0 amide bonds. The molecule has 5 heteroatoms. The Balaban J connectivity index is 1.99. The smallest absolute Gasteiger partial charge is 0.129 e. The van der Waals surface area contributed by atoms with Gasteiger partial charge in [0, 0.05) is 12.1 Å². The maximum atomic E-state index is 13.4. The zero-order valence-electron chi connectivity index (χ0n) is 9.36. The Hall–Kier alpha value is -1.04. The van der Waals surface area contributed by atoms with E-state index >= 15 is 0 Å². The molecule has 2 N–H and O–H groups in total. The second-order valence-electron chi connectivity index (χ2n) is 4.09. The molecule has 1 heterocycles. The van der Waals surface area contributed by atoms with Crippen molar-refractivity contribution >= 4 is 0 Å². The van der Waals surface area contributed by atoms with E-state index < -0.39 is 11.6 Å². The summed E-state index contributed by atoms with van der Waals surface area (Å²) in [4.78, 5) is 0. The molecule has 1 aromatic carbocycles. The van der Waals surface area contributed by atoms with Crippen molar-refractivity contribution in [2.24, 2.45) is 5.73 Å². The Kier molecular flexibility index (Phi) is 4.04. The van der Waals surface area contributed by atoms with Crippen molar-refractivity contribution in [1.82, 2.24) is 0 Å². The van der Waals surface area contributed by atoms with E-state index in [0.29, 0.717) is 31.8 Å². The van der Waals surface area contributed by atoms with Crippen molar-refractivity contribution < 1.29 is 18.3 Å².